The van der Waals surface area contributed by atoms with E-state index in [0.29, 0.717) is 30.6 Å². The summed E-state index contributed by atoms with van der Waals surface area (Å²) in [5, 5.41) is 3.37. The van der Waals surface area contributed by atoms with Crippen molar-refractivity contribution >= 4 is 15.9 Å². The lowest BCUT2D eigenvalue weighted by atomic mass is 10.0. The summed E-state index contributed by atoms with van der Waals surface area (Å²) in [6.45, 7) is 4.60. The number of nitrogens with zero attached hydrogens (tertiary/aromatic N) is 3. The number of hydrogen-bond donors (Lipinski definition) is 1. The number of fused-ring (bicyclic) bond motifs is 1. The maximum atomic E-state index is 12.9. The van der Waals surface area contributed by atoms with Crippen molar-refractivity contribution in [2.45, 2.75) is 24.2 Å². The Labute approximate surface area is 149 Å². The van der Waals surface area contributed by atoms with E-state index in [9.17, 15) is 13.2 Å². The predicted octanol–water partition coefficient (Wildman–Crippen LogP) is 0.491. The monoisotopic (exact) mass is 366 g/mol. The maximum absolute atomic E-state index is 12.9. The van der Waals surface area contributed by atoms with Crippen LogP contribution in [0, 0.1) is 11.8 Å². The molecule has 4 rings (SSSR count). The second kappa shape index (κ2) is 6.41. The molecule has 1 amide bonds. The largest absolute Gasteiger partial charge is 0.345 e. The summed E-state index contributed by atoms with van der Waals surface area (Å²) in [6.07, 6.45) is 4.47. The molecule has 0 radical (unpaired) electrons. The SMILES string of the molecule is Cn1cc(S(=O)(=O)N2CCCCC2)cc1C(=O)N1C[C@H]2CNC[C@H]2C1. The number of likely N-dealkylation sites (tertiary alicyclic amines) is 1. The molecule has 1 aromatic heterocycles. The van der Waals surface area contributed by atoms with Crippen LogP contribution in [0.4, 0.5) is 0 Å². The van der Waals surface area contributed by atoms with Crippen LogP contribution in [0.2, 0.25) is 0 Å². The van der Waals surface area contributed by atoms with E-state index in [1.54, 1.807) is 28.2 Å². The molecule has 0 saturated carbocycles. The third-order valence-electron chi connectivity index (χ3n) is 5.83. The van der Waals surface area contributed by atoms with E-state index in [-0.39, 0.29) is 10.8 Å². The lowest BCUT2D eigenvalue weighted by molar-refractivity contribution is 0.0772. The van der Waals surface area contributed by atoms with Gasteiger partial charge in [-0.3, -0.25) is 4.79 Å². The van der Waals surface area contributed by atoms with Gasteiger partial charge in [0.25, 0.3) is 5.91 Å². The fourth-order valence-electron chi connectivity index (χ4n) is 4.33. The molecule has 1 N–H and O–H groups in total. The number of carbonyl (C=O) groups excluding carboxylic acids is 1. The second-order valence-corrected chi connectivity index (χ2v) is 9.46. The number of piperidine rings is 1. The summed E-state index contributed by atoms with van der Waals surface area (Å²) in [7, 11) is -1.75. The van der Waals surface area contributed by atoms with E-state index in [1.165, 1.54) is 0 Å². The Bertz CT molecular complexity index is 755. The van der Waals surface area contributed by atoms with Gasteiger partial charge in [-0.1, -0.05) is 6.42 Å². The highest BCUT2D eigenvalue weighted by Crippen LogP contribution is 2.28. The smallest absolute Gasteiger partial charge is 0.270 e. The van der Waals surface area contributed by atoms with Crippen LogP contribution in [0.25, 0.3) is 0 Å². The molecule has 0 aliphatic carbocycles. The van der Waals surface area contributed by atoms with Crippen LogP contribution < -0.4 is 5.32 Å². The quantitative estimate of drug-likeness (QED) is 0.845. The van der Waals surface area contributed by atoms with Crippen LogP contribution in [0.5, 0.6) is 0 Å². The van der Waals surface area contributed by atoms with Gasteiger partial charge >= 0.3 is 0 Å². The van der Waals surface area contributed by atoms with Gasteiger partial charge in [0.05, 0.1) is 0 Å². The highest BCUT2D eigenvalue weighted by molar-refractivity contribution is 7.89. The van der Waals surface area contributed by atoms with Crippen molar-refractivity contribution in [2.75, 3.05) is 39.3 Å². The average molecular weight is 366 g/mol. The zero-order valence-electron chi connectivity index (χ0n) is 14.6. The predicted molar refractivity (Wildman–Crippen MR) is 93.8 cm³/mol. The van der Waals surface area contributed by atoms with Crippen LogP contribution in [0.3, 0.4) is 0 Å². The first kappa shape index (κ1) is 17.1. The van der Waals surface area contributed by atoms with Crippen LogP contribution in [-0.2, 0) is 17.1 Å². The number of nitrogens with one attached hydrogen (secondary N) is 1. The van der Waals surface area contributed by atoms with Gasteiger partial charge in [0.15, 0.2) is 0 Å². The number of rotatable bonds is 3. The summed E-state index contributed by atoms with van der Waals surface area (Å²) in [5.74, 6) is 0.999. The van der Waals surface area contributed by atoms with Crippen LogP contribution in [0.1, 0.15) is 29.8 Å². The lowest BCUT2D eigenvalue weighted by Gasteiger charge is -2.25. The first-order chi connectivity index (χ1) is 12.0. The first-order valence-corrected chi connectivity index (χ1v) is 10.6. The molecule has 3 fully saturated rings. The molecule has 3 saturated heterocycles. The third-order valence-corrected chi connectivity index (χ3v) is 7.69. The summed E-state index contributed by atoms with van der Waals surface area (Å²) in [4.78, 5) is 15.0. The van der Waals surface area contributed by atoms with Gasteiger partial charge in [-0.15, -0.1) is 0 Å². The Balaban J connectivity index is 1.55. The van der Waals surface area contributed by atoms with Gasteiger partial charge < -0.3 is 14.8 Å². The van der Waals surface area contributed by atoms with Gasteiger partial charge in [-0.25, -0.2) is 8.42 Å². The van der Waals surface area contributed by atoms with Crippen molar-refractivity contribution in [3.8, 4) is 0 Å². The molecule has 0 unspecified atom stereocenters. The maximum Gasteiger partial charge on any atom is 0.270 e. The van der Waals surface area contributed by atoms with Crippen molar-refractivity contribution in [3.63, 3.8) is 0 Å². The fraction of sp³-hybridized carbons (Fsp3) is 0.706. The molecule has 3 aliphatic heterocycles. The summed E-state index contributed by atoms with van der Waals surface area (Å²) >= 11 is 0. The van der Waals surface area contributed by atoms with Crippen molar-refractivity contribution in [1.29, 1.82) is 0 Å². The molecule has 0 spiro atoms. The molecule has 4 heterocycles. The molecule has 1 aromatic rings. The molecule has 2 atom stereocenters. The first-order valence-electron chi connectivity index (χ1n) is 9.13. The zero-order valence-corrected chi connectivity index (χ0v) is 15.5. The van der Waals surface area contributed by atoms with Gasteiger partial charge in [-0.05, 0) is 30.7 Å². The number of carbonyl (C=O) groups is 1. The van der Waals surface area contributed by atoms with Crippen LogP contribution >= 0.6 is 0 Å². The molecule has 138 valence electrons. The zero-order chi connectivity index (χ0) is 17.6. The number of hydrogen-bond acceptors (Lipinski definition) is 4. The molecule has 25 heavy (non-hydrogen) atoms. The number of amides is 1. The molecular weight excluding hydrogens is 340 g/mol. The molecule has 0 bridgehead atoms. The molecule has 8 heteroatoms. The topological polar surface area (TPSA) is 74.7 Å². The summed E-state index contributed by atoms with van der Waals surface area (Å²) in [5.41, 5.74) is 0.462. The third kappa shape index (κ3) is 3.00. The van der Waals surface area contributed by atoms with Crippen LogP contribution in [0.15, 0.2) is 17.2 Å². The number of aromatic nitrogens is 1. The highest BCUT2D eigenvalue weighted by Gasteiger charge is 2.39. The van der Waals surface area contributed by atoms with E-state index < -0.39 is 10.0 Å². The van der Waals surface area contributed by atoms with Crippen molar-refractivity contribution in [3.05, 3.63) is 18.0 Å². The Morgan fingerprint density at radius 2 is 1.76 bits per heavy atom. The number of aryl methyl sites for hydroxylation is 1. The molecule has 0 aromatic carbocycles. The Morgan fingerprint density at radius 3 is 2.40 bits per heavy atom. The van der Waals surface area contributed by atoms with E-state index in [2.05, 4.69) is 5.32 Å². The molecule has 3 aliphatic rings. The average Bonchev–Trinajstić information content (AvgIpc) is 3.29. The minimum Gasteiger partial charge on any atom is -0.345 e. The van der Waals surface area contributed by atoms with Crippen molar-refractivity contribution in [2.24, 2.45) is 18.9 Å². The van der Waals surface area contributed by atoms with Gasteiger partial charge in [-0.2, -0.15) is 4.31 Å². The van der Waals surface area contributed by atoms with Gasteiger partial charge in [0.1, 0.15) is 10.6 Å². The highest BCUT2D eigenvalue weighted by atomic mass is 32.2. The fourth-order valence-corrected chi connectivity index (χ4v) is 5.91. The van der Waals surface area contributed by atoms with Crippen LogP contribution in [-0.4, -0.2) is 67.4 Å². The Hall–Kier alpha value is -1.38. The minimum absolute atomic E-state index is 0.0583. The lowest BCUT2D eigenvalue weighted by Crippen LogP contribution is -2.35. The normalized spacial score (nSPS) is 27.6. The summed E-state index contributed by atoms with van der Waals surface area (Å²) < 4.78 is 28.9. The van der Waals surface area contributed by atoms with Crippen molar-refractivity contribution < 1.29 is 13.2 Å². The second-order valence-electron chi connectivity index (χ2n) is 7.53. The van der Waals surface area contributed by atoms with E-state index in [1.807, 2.05) is 4.90 Å². The van der Waals surface area contributed by atoms with E-state index in [0.717, 1.165) is 45.4 Å². The minimum atomic E-state index is -3.50. The number of sulfonamides is 1. The van der Waals surface area contributed by atoms with Gasteiger partial charge in [0, 0.05) is 52.5 Å². The Morgan fingerprint density at radius 1 is 1.12 bits per heavy atom. The molecular formula is C17H26N4O3S. The van der Waals surface area contributed by atoms with E-state index in [4.69, 9.17) is 0 Å². The standard InChI is InChI=1S/C17H26N4O3S/c1-19-12-15(25(23,24)21-5-3-2-4-6-21)7-16(19)17(22)20-10-13-8-18-9-14(13)11-20/h7,12-14,18H,2-6,8-11H2,1H3/t13-,14+. The van der Waals surface area contributed by atoms with Gasteiger partial charge in [0.2, 0.25) is 10.0 Å². The Kier molecular flexibility index (Phi) is 4.37. The molecule has 7 nitrogen and oxygen atoms in total. The summed E-state index contributed by atoms with van der Waals surface area (Å²) in [6, 6.07) is 1.55. The van der Waals surface area contributed by atoms with Crippen molar-refractivity contribution in [1.82, 2.24) is 19.1 Å². The van der Waals surface area contributed by atoms with E-state index >= 15 is 0 Å².